The Morgan fingerprint density at radius 2 is 1.89 bits per heavy atom. The summed E-state index contributed by atoms with van der Waals surface area (Å²) in [6.45, 7) is 3.01. The van der Waals surface area contributed by atoms with Crippen LogP contribution in [0.1, 0.15) is 30.0 Å². The van der Waals surface area contributed by atoms with Crippen molar-refractivity contribution in [3.8, 4) is 0 Å². The van der Waals surface area contributed by atoms with Crippen LogP contribution in [0.5, 0.6) is 0 Å². The van der Waals surface area contributed by atoms with E-state index in [2.05, 4.69) is 23.6 Å². The minimum atomic E-state index is -0.00882. The second-order valence-electron chi connectivity index (χ2n) is 7.05. The van der Waals surface area contributed by atoms with E-state index in [1.54, 1.807) is 12.1 Å². The fourth-order valence-corrected chi connectivity index (χ4v) is 4.07. The molecule has 0 N–H and O–H groups in total. The number of amides is 1. The van der Waals surface area contributed by atoms with Crippen LogP contribution in [0.2, 0.25) is 10.0 Å². The minimum absolute atomic E-state index is 0.00882. The van der Waals surface area contributed by atoms with Gasteiger partial charge in [-0.15, -0.1) is 12.6 Å². The van der Waals surface area contributed by atoms with Crippen LogP contribution in [0.15, 0.2) is 47.4 Å². The first-order valence-corrected chi connectivity index (χ1v) is 10.3. The molecular formula is C21H24Cl2N2OS. The second-order valence-corrected chi connectivity index (χ2v) is 8.38. The third-order valence-electron chi connectivity index (χ3n) is 5.09. The van der Waals surface area contributed by atoms with Crippen molar-refractivity contribution >= 4 is 41.7 Å². The van der Waals surface area contributed by atoms with Gasteiger partial charge in [0.05, 0.1) is 22.5 Å². The van der Waals surface area contributed by atoms with E-state index in [0.717, 1.165) is 35.7 Å². The third kappa shape index (κ3) is 5.41. The van der Waals surface area contributed by atoms with Crippen LogP contribution in [-0.2, 0) is 11.2 Å². The molecular weight excluding hydrogens is 399 g/mol. The number of halogens is 2. The van der Waals surface area contributed by atoms with Crippen molar-refractivity contribution in [2.75, 3.05) is 26.7 Å². The second kappa shape index (κ2) is 9.33. The van der Waals surface area contributed by atoms with Gasteiger partial charge in [-0.05, 0) is 61.3 Å². The smallest absolute Gasteiger partial charge is 0.227 e. The van der Waals surface area contributed by atoms with E-state index in [0.29, 0.717) is 16.5 Å². The molecule has 2 aromatic carbocycles. The molecule has 0 unspecified atom stereocenters. The number of likely N-dealkylation sites (tertiary alicyclic amines) is 1. The number of nitrogens with zero attached hydrogens (tertiary/aromatic N) is 2. The molecule has 0 saturated carbocycles. The van der Waals surface area contributed by atoms with Gasteiger partial charge in [-0.1, -0.05) is 41.4 Å². The predicted molar refractivity (Wildman–Crippen MR) is 115 cm³/mol. The van der Waals surface area contributed by atoms with E-state index in [1.807, 2.05) is 36.2 Å². The number of carbonyl (C=O) groups is 1. The molecule has 0 bridgehead atoms. The summed E-state index contributed by atoms with van der Waals surface area (Å²) >= 11 is 16.5. The zero-order valence-electron chi connectivity index (χ0n) is 15.4. The Kier molecular flexibility index (Phi) is 7.10. The Labute approximate surface area is 176 Å². The summed E-state index contributed by atoms with van der Waals surface area (Å²) in [6, 6.07) is 13.4. The number of hydrogen-bond donors (Lipinski definition) is 1. The summed E-state index contributed by atoms with van der Waals surface area (Å²) < 4.78 is 0. The lowest BCUT2D eigenvalue weighted by Gasteiger charge is -2.32. The number of thiol groups is 1. The molecule has 0 spiro atoms. The molecule has 0 aromatic heterocycles. The highest BCUT2D eigenvalue weighted by atomic mass is 35.5. The monoisotopic (exact) mass is 422 g/mol. The Morgan fingerprint density at radius 3 is 2.56 bits per heavy atom. The molecule has 0 aliphatic carbocycles. The topological polar surface area (TPSA) is 23.6 Å². The summed E-state index contributed by atoms with van der Waals surface area (Å²) in [7, 11) is 1.88. The first kappa shape index (κ1) is 20.5. The average Bonchev–Trinajstić information content (AvgIpc) is 3.15. The molecule has 1 heterocycles. The fraction of sp³-hybridized carbons (Fsp3) is 0.381. The predicted octanol–water partition coefficient (Wildman–Crippen LogP) is 5.12. The van der Waals surface area contributed by atoms with E-state index in [9.17, 15) is 4.79 Å². The molecule has 144 valence electrons. The summed E-state index contributed by atoms with van der Waals surface area (Å²) in [5.41, 5.74) is 1.98. The number of carbonyl (C=O) groups excluding carboxylic acids is 1. The zero-order chi connectivity index (χ0) is 19.4. The van der Waals surface area contributed by atoms with E-state index in [1.165, 1.54) is 12.8 Å². The maximum atomic E-state index is 13.0. The number of rotatable bonds is 6. The highest BCUT2D eigenvalue weighted by Crippen LogP contribution is 2.27. The van der Waals surface area contributed by atoms with Crippen LogP contribution in [0.25, 0.3) is 0 Å². The van der Waals surface area contributed by atoms with E-state index < -0.39 is 0 Å². The normalized spacial score (nSPS) is 15.7. The Bertz CT molecular complexity index is 809. The van der Waals surface area contributed by atoms with Gasteiger partial charge in [0.1, 0.15) is 0 Å². The van der Waals surface area contributed by atoms with Gasteiger partial charge in [-0.3, -0.25) is 4.79 Å². The van der Waals surface area contributed by atoms with Crippen molar-refractivity contribution in [2.24, 2.45) is 0 Å². The average molecular weight is 423 g/mol. The molecule has 1 aliphatic rings. The van der Waals surface area contributed by atoms with Crippen LogP contribution in [0, 0.1) is 0 Å². The van der Waals surface area contributed by atoms with Gasteiger partial charge in [-0.2, -0.15) is 0 Å². The lowest BCUT2D eigenvalue weighted by atomic mass is 10.0. The largest absolute Gasteiger partial charge is 0.337 e. The van der Waals surface area contributed by atoms with E-state index in [4.69, 9.17) is 23.2 Å². The number of hydrogen-bond acceptors (Lipinski definition) is 3. The van der Waals surface area contributed by atoms with Crippen molar-refractivity contribution < 1.29 is 4.79 Å². The molecule has 1 amide bonds. The van der Waals surface area contributed by atoms with Gasteiger partial charge >= 0.3 is 0 Å². The van der Waals surface area contributed by atoms with Crippen LogP contribution < -0.4 is 0 Å². The molecule has 6 heteroatoms. The van der Waals surface area contributed by atoms with Crippen molar-refractivity contribution in [3.63, 3.8) is 0 Å². The molecule has 2 aromatic rings. The van der Waals surface area contributed by atoms with Crippen LogP contribution in [0.3, 0.4) is 0 Å². The van der Waals surface area contributed by atoms with Gasteiger partial charge in [0.25, 0.3) is 0 Å². The number of likely N-dealkylation sites (N-methyl/N-ethyl adjacent to an activating group) is 1. The quantitative estimate of drug-likeness (QED) is 0.652. The van der Waals surface area contributed by atoms with Crippen molar-refractivity contribution in [1.82, 2.24) is 9.80 Å². The van der Waals surface area contributed by atoms with Gasteiger partial charge < -0.3 is 9.80 Å². The fourth-order valence-electron chi connectivity index (χ4n) is 3.52. The van der Waals surface area contributed by atoms with Crippen molar-refractivity contribution in [2.45, 2.75) is 30.2 Å². The molecule has 1 atom stereocenters. The van der Waals surface area contributed by atoms with Crippen LogP contribution >= 0.6 is 35.8 Å². The van der Waals surface area contributed by atoms with E-state index >= 15 is 0 Å². The molecule has 27 heavy (non-hydrogen) atoms. The SMILES string of the molecule is CN(C(=O)Cc1ccc(Cl)c(Cl)c1)[C@H](CN1CCCC1)c1cccc(S)c1. The lowest BCUT2D eigenvalue weighted by molar-refractivity contribution is -0.131. The maximum Gasteiger partial charge on any atom is 0.227 e. The molecule has 3 nitrogen and oxygen atoms in total. The maximum absolute atomic E-state index is 13.0. The summed E-state index contributed by atoms with van der Waals surface area (Å²) in [4.78, 5) is 18.2. The molecule has 1 aliphatic heterocycles. The zero-order valence-corrected chi connectivity index (χ0v) is 17.8. The Morgan fingerprint density at radius 1 is 1.15 bits per heavy atom. The standard InChI is InChI=1S/C21H24Cl2N2OS/c1-24(21(26)12-15-7-8-18(22)19(23)11-15)20(14-25-9-2-3-10-25)16-5-4-6-17(27)13-16/h4-8,11,13,20,27H,2-3,9-10,12,14H2,1H3/t20-/m1/s1. The van der Waals surface area contributed by atoms with Crippen molar-refractivity contribution in [3.05, 3.63) is 63.6 Å². The van der Waals surface area contributed by atoms with Crippen molar-refractivity contribution in [1.29, 1.82) is 0 Å². The minimum Gasteiger partial charge on any atom is -0.337 e. The molecule has 0 radical (unpaired) electrons. The van der Waals surface area contributed by atoms with Gasteiger partial charge in [-0.25, -0.2) is 0 Å². The number of benzene rings is 2. The highest BCUT2D eigenvalue weighted by Gasteiger charge is 2.26. The molecule has 3 rings (SSSR count). The summed E-state index contributed by atoms with van der Waals surface area (Å²) in [5, 5.41) is 0.972. The molecule has 1 fully saturated rings. The first-order valence-electron chi connectivity index (χ1n) is 9.15. The lowest BCUT2D eigenvalue weighted by Crippen LogP contribution is -2.39. The third-order valence-corrected chi connectivity index (χ3v) is 6.10. The summed E-state index contributed by atoms with van der Waals surface area (Å²) in [6.07, 6.45) is 2.74. The Balaban J connectivity index is 1.79. The van der Waals surface area contributed by atoms with Gasteiger partial charge in [0, 0.05) is 18.5 Å². The van der Waals surface area contributed by atoms with Crippen LogP contribution in [-0.4, -0.2) is 42.4 Å². The van der Waals surface area contributed by atoms with E-state index in [-0.39, 0.29) is 11.9 Å². The summed E-state index contributed by atoms with van der Waals surface area (Å²) in [5.74, 6) is 0.0575. The van der Waals surface area contributed by atoms with Gasteiger partial charge in [0.2, 0.25) is 5.91 Å². The highest BCUT2D eigenvalue weighted by molar-refractivity contribution is 7.80. The Hall–Kier alpha value is -1.20. The first-order chi connectivity index (χ1) is 12.9. The van der Waals surface area contributed by atoms with Crippen LogP contribution in [0.4, 0.5) is 0 Å². The van der Waals surface area contributed by atoms with Gasteiger partial charge in [0.15, 0.2) is 0 Å². The molecule has 1 saturated heterocycles.